The van der Waals surface area contributed by atoms with E-state index in [0.717, 1.165) is 35.8 Å². The number of nitrogens with zero attached hydrogens (tertiary/aromatic N) is 2. The van der Waals surface area contributed by atoms with Crippen molar-refractivity contribution in [3.8, 4) is 11.1 Å². The monoisotopic (exact) mass is 490 g/mol. The molecule has 2 unspecified atom stereocenters. The van der Waals surface area contributed by atoms with Crippen molar-refractivity contribution in [2.75, 3.05) is 0 Å². The summed E-state index contributed by atoms with van der Waals surface area (Å²) in [6, 6.07) is 24.0. The van der Waals surface area contributed by atoms with Gasteiger partial charge in [0, 0.05) is 16.4 Å². The number of aliphatic imine (C=N–C) groups is 2. The van der Waals surface area contributed by atoms with Crippen LogP contribution in [0.4, 0.5) is 0 Å². The largest absolute Gasteiger partial charge is 0.258 e. The third kappa shape index (κ3) is 3.79. The van der Waals surface area contributed by atoms with Crippen LogP contribution in [-0.4, -0.2) is 11.5 Å². The topological polar surface area (TPSA) is 24.7 Å². The molecule has 1 heterocycles. The molecule has 3 heteroatoms. The lowest BCUT2D eigenvalue weighted by Gasteiger charge is -2.31. The highest BCUT2D eigenvalue weighted by Gasteiger charge is 2.38. The molecule has 0 amide bonds. The van der Waals surface area contributed by atoms with E-state index in [0.29, 0.717) is 0 Å². The second-order valence-corrected chi connectivity index (χ2v) is 11.0. The van der Waals surface area contributed by atoms with Crippen LogP contribution in [0.5, 0.6) is 0 Å². The zero-order chi connectivity index (χ0) is 24.9. The van der Waals surface area contributed by atoms with Gasteiger partial charge in [-0.2, -0.15) is 0 Å². The van der Waals surface area contributed by atoms with Crippen molar-refractivity contribution >= 4 is 23.1 Å². The quantitative estimate of drug-likeness (QED) is 0.348. The lowest BCUT2D eigenvalue weighted by molar-refractivity contribution is 0.530. The van der Waals surface area contributed by atoms with Crippen LogP contribution in [0.2, 0.25) is 5.02 Å². The molecule has 3 aliphatic rings. The lowest BCUT2D eigenvalue weighted by atomic mass is 9.79. The highest BCUT2D eigenvalue weighted by Crippen LogP contribution is 2.50. The first-order valence-electron chi connectivity index (χ1n) is 13.0. The van der Waals surface area contributed by atoms with Gasteiger partial charge >= 0.3 is 0 Å². The molecule has 0 spiro atoms. The van der Waals surface area contributed by atoms with Gasteiger partial charge in [-0.3, -0.25) is 4.99 Å². The molecule has 1 aliphatic heterocycles. The van der Waals surface area contributed by atoms with E-state index in [2.05, 4.69) is 99.7 Å². The molecule has 0 bridgehead atoms. The van der Waals surface area contributed by atoms with E-state index < -0.39 is 0 Å². The van der Waals surface area contributed by atoms with Crippen LogP contribution >= 0.6 is 11.6 Å². The first-order valence-corrected chi connectivity index (χ1v) is 13.4. The van der Waals surface area contributed by atoms with E-state index in [-0.39, 0.29) is 17.4 Å². The van der Waals surface area contributed by atoms with E-state index in [1.54, 1.807) is 0 Å². The normalized spacial score (nSPS) is 21.8. The smallest absolute Gasteiger partial charge is 0.151 e. The van der Waals surface area contributed by atoms with Crippen LogP contribution in [0.25, 0.3) is 11.1 Å². The van der Waals surface area contributed by atoms with Crippen molar-refractivity contribution in [2.24, 2.45) is 15.9 Å². The van der Waals surface area contributed by atoms with E-state index in [1.807, 2.05) is 6.07 Å². The predicted molar refractivity (Wildman–Crippen MR) is 152 cm³/mol. The number of benzene rings is 3. The number of rotatable bonds is 4. The maximum absolute atomic E-state index is 6.41. The van der Waals surface area contributed by atoms with E-state index in [1.165, 1.54) is 39.0 Å². The Morgan fingerprint density at radius 2 is 1.69 bits per heavy atom. The molecule has 36 heavy (non-hydrogen) atoms. The van der Waals surface area contributed by atoms with Crippen LogP contribution in [0.15, 0.2) is 101 Å². The van der Waals surface area contributed by atoms with Crippen LogP contribution in [-0.2, 0) is 5.41 Å². The minimum absolute atomic E-state index is 0.0258. The number of hydrogen-bond acceptors (Lipinski definition) is 2. The molecule has 0 saturated carbocycles. The maximum atomic E-state index is 6.41. The van der Waals surface area contributed by atoms with Crippen LogP contribution in [0.1, 0.15) is 68.3 Å². The first kappa shape index (κ1) is 23.2. The number of halogens is 1. The Bertz CT molecular complexity index is 1460. The fourth-order valence-corrected chi connectivity index (χ4v) is 6.24. The molecule has 0 radical (unpaired) electrons. The fourth-order valence-electron chi connectivity index (χ4n) is 6.06. The van der Waals surface area contributed by atoms with Gasteiger partial charge in [-0.05, 0) is 70.3 Å². The third-order valence-corrected chi connectivity index (χ3v) is 8.27. The van der Waals surface area contributed by atoms with Gasteiger partial charge in [0.05, 0.1) is 11.8 Å². The SMILES string of the molecule is CCC1C(c2ccccc2)=NC(C2=CC=CCC2)=NC1c1ccc2c(c1)C(C)(C)c1cc(Cl)ccc1-2. The molecule has 6 rings (SSSR count). The highest BCUT2D eigenvalue weighted by atomic mass is 35.5. The van der Waals surface area contributed by atoms with Gasteiger partial charge < -0.3 is 0 Å². The fraction of sp³-hybridized carbons (Fsp3) is 0.273. The van der Waals surface area contributed by atoms with Gasteiger partial charge in [0.25, 0.3) is 0 Å². The average molecular weight is 491 g/mol. The summed E-state index contributed by atoms with van der Waals surface area (Å²) in [5.74, 6) is 1.11. The van der Waals surface area contributed by atoms with Gasteiger partial charge in [0.2, 0.25) is 0 Å². The molecule has 0 saturated heterocycles. The van der Waals surface area contributed by atoms with Crippen molar-refractivity contribution in [1.29, 1.82) is 0 Å². The van der Waals surface area contributed by atoms with Crippen LogP contribution in [0.3, 0.4) is 0 Å². The van der Waals surface area contributed by atoms with Crippen molar-refractivity contribution < 1.29 is 0 Å². The average Bonchev–Trinajstić information content (AvgIpc) is 3.14. The van der Waals surface area contributed by atoms with Gasteiger partial charge in [-0.1, -0.05) is 105 Å². The minimum atomic E-state index is -0.110. The van der Waals surface area contributed by atoms with Crippen molar-refractivity contribution in [2.45, 2.75) is 51.5 Å². The Morgan fingerprint density at radius 1 is 0.944 bits per heavy atom. The van der Waals surface area contributed by atoms with Crippen molar-refractivity contribution in [1.82, 2.24) is 0 Å². The van der Waals surface area contributed by atoms with Gasteiger partial charge in [0.15, 0.2) is 5.84 Å². The summed E-state index contributed by atoms with van der Waals surface area (Å²) in [7, 11) is 0. The predicted octanol–water partition coefficient (Wildman–Crippen LogP) is 8.89. The second kappa shape index (κ2) is 9.01. The molecule has 3 aromatic carbocycles. The zero-order valence-electron chi connectivity index (χ0n) is 21.1. The van der Waals surface area contributed by atoms with E-state index >= 15 is 0 Å². The molecule has 180 valence electrons. The Morgan fingerprint density at radius 3 is 2.42 bits per heavy atom. The number of amidine groups is 1. The Balaban J connectivity index is 1.49. The molecule has 0 aromatic heterocycles. The van der Waals surface area contributed by atoms with E-state index in [4.69, 9.17) is 21.6 Å². The second-order valence-electron chi connectivity index (χ2n) is 10.6. The van der Waals surface area contributed by atoms with Crippen LogP contribution in [0, 0.1) is 5.92 Å². The number of allylic oxidation sites excluding steroid dienone is 3. The van der Waals surface area contributed by atoms with Gasteiger partial charge in [-0.15, -0.1) is 0 Å². The van der Waals surface area contributed by atoms with Gasteiger partial charge in [0.1, 0.15) is 0 Å². The lowest BCUT2D eigenvalue weighted by Crippen LogP contribution is -2.28. The first-order chi connectivity index (χ1) is 17.5. The maximum Gasteiger partial charge on any atom is 0.151 e. The summed E-state index contributed by atoms with van der Waals surface area (Å²) in [5, 5.41) is 0.793. The summed E-state index contributed by atoms with van der Waals surface area (Å²) < 4.78 is 0. The minimum Gasteiger partial charge on any atom is -0.258 e. The molecule has 2 nitrogen and oxygen atoms in total. The molecule has 2 atom stereocenters. The summed E-state index contributed by atoms with van der Waals surface area (Å²) in [4.78, 5) is 10.5. The third-order valence-electron chi connectivity index (χ3n) is 8.03. The summed E-state index contributed by atoms with van der Waals surface area (Å²) >= 11 is 6.41. The molecule has 0 fully saturated rings. The van der Waals surface area contributed by atoms with E-state index in [9.17, 15) is 0 Å². The molecule has 2 aliphatic carbocycles. The number of fused-ring (bicyclic) bond motifs is 3. The molecule has 0 N–H and O–H groups in total. The van der Waals surface area contributed by atoms with Crippen molar-refractivity contribution in [3.63, 3.8) is 0 Å². The summed E-state index contributed by atoms with van der Waals surface area (Å²) in [5.41, 5.74) is 9.98. The number of hydrogen-bond donors (Lipinski definition) is 0. The Kier molecular flexibility index (Phi) is 5.80. The molecular formula is C33H31ClN2. The summed E-state index contributed by atoms with van der Waals surface area (Å²) in [6.45, 7) is 6.87. The zero-order valence-corrected chi connectivity index (χ0v) is 21.9. The van der Waals surface area contributed by atoms with Crippen molar-refractivity contribution in [3.05, 3.63) is 118 Å². The molecular weight excluding hydrogens is 460 g/mol. The van der Waals surface area contributed by atoms with Crippen LogP contribution < -0.4 is 0 Å². The summed E-state index contributed by atoms with van der Waals surface area (Å²) in [6.07, 6.45) is 9.54. The Labute approximate surface area is 219 Å². The van der Waals surface area contributed by atoms with Gasteiger partial charge in [-0.25, -0.2) is 4.99 Å². The highest BCUT2D eigenvalue weighted by molar-refractivity contribution is 6.30. The standard InChI is InChI=1S/C33H31ClN2/c1-4-25-30(21-11-7-5-8-12-21)35-32(22-13-9-6-10-14-22)36-31(25)23-15-17-26-27-18-16-24(34)20-29(27)33(2,3)28(26)19-23/h5-9,11-13,15-20,25,31H,4,10,14H2,1-3H3. The molecule has 3 aromatic rings. The Hall–Kier alpha value is -3.23.